The third-order valence-corrected chi connectivity index (χ3v) is 5.91. The molecule has 2 atom stereocenters. The highest BCUT2D eigenvalue weighted by atomic mass is 15.3. The van der Waals surface area contributed by atoms with E-state index < -0.39 is 0 Å². The first kappa shape index (κ1) is 19.2. The van der Waals surface area contributed by atoms with Crippen molar-refractivity contribution in [3.05, 3.63) is 35.9 Å². The van der Waals surface area contributed by atoms with Gasteiger partial charge in [0.1, 0.15) is 0 Å². The summed E-state index contributed by atoms with van der Waals surface area (Å²) < 4.78 is 0. The third-order valence-electron chi connectivity index (χ3n) is 5.91. The summed E-state index contributed by atoms with van der Waals surface area (Å²) >= 11 is 0. The van der Waals surface area contributed by atoms with Crippen LogP contribution in [0.5, 0.6) is 0 Å². The minimum absolute atomic E-state index is 0.448. The Labute approximate surface area is 159 Å². The average Bonchev–Trinajstić information content (AvgIpc) is 3.34. The van der Waals surface area contributed by atoms with Crippen LogP contribution < -0.4 is 5.32 Å². The van der Waals surface area contributed by atoms with E-state index in [0.29, 0.717) is 12.1 Å². The Kier molecular flexibility index (Phi) is 6.92. The molecule has 144 valence electrons. The van der Waals surface area contributed by atoms with E-state index in [0.717, 1.165) is 32.1 Å². The van der Waals surface area contributed by atoms with Gasteiger partial charge in [0.25, 0.3) is 0 Å². The second kappa shape index (κ2) is 9.38. The van der Waals surface area contributed by atoms with E-state index in [-0.39, 0.29) is 0 Å². The van der Waals surface area contributed by atoms with Crippen LogP contribution in [0.25, 0.3) is 0 Å². The summed E-state index contributed by atoms with van der Waals surface area (Å²) in [7, 11) is 4.10. The summed E-state index contributed by atoms with van der Waals surface area (Å²) in [6, 6.07) is 11.8. The second-order valence-corrected chi connectivity index (χ2v) is 7.81. The lowest BCUT2D eigenvalue weighted by Crippen LogP contribution is -2.47. The zero-order chi connectivity index (χ0) is 18.4. The molecular weight excluding hydrogens is 322 g/mol. The number of likely N-dealkylation sites (tertiary alicyclic amines) is 2. The molecule has 26 heavy (non-hydrogen) atoms. The van der Waals surface area contributed by atoms with Crippen LogP contribution in [0.3, 0.4) is 0 Å². The summed E-state index contributed by atoms with van der Waals surface area (Å²) in [5.41, 5.74) is 1.36. The summed E-state index contributed by atoms with van der Waals surface area (Å²) in [5.74, 6) is 1.06. The van der Waals surface area contributed by atoms with Gasteiger partial charge in [-0.1, -0.05) is 30.3 Å². The summed E-state index contributed by atoms with van der Waals surface area (Å²) in [6.07, 6.45) is 4.01. The maximum absolute atomic E-state index is 4.54. The summed E-state index contributed by atoms with van der Waals surface area (Å²) in [4.78, 5) is 12.0. The molecule has 0 radical (unpaired) electrons. The molecule has 0 amide bonds. The third kappa shape index (κ3) is 4.98. The van der Waals surface area contributed by atoms with Crippen molar-refractivity contribution in [3.63, 3.8) is 0 Å². The summed E-state index contributed by atoms with van der Waals surface area (Å²) in [6.45, 7) is 8.98. The van der Waals surface area contributed by atoms with Crippen molar-refractivity contribution in [2.45, 2.75) is 44.8 Å². The highest BCUT2D eigenvalue weighted by Gasteiger charge is 2.30. The number of nitrogens with one attached hydrogen (secondary N) is 1. The van der Waals surface area contributed by atoms with Gasteiger partial charge >= 0.3 is 0 Å². The lowest BCUT2D eigenvalue weighted by Gasteiger charge is -2.28. The first-order chi connectivity index (χ1) is 12.7. The SMILES string of the molecule is CN=C(NCC(C)N(C)Cc1ccccc1)N1CCC(N2CCCC2)C1. The minimum atomic E-state index is 0.448. The van der Waals surface area contributed by atoms with Gasteiger partial charge in [-0.05, 0) is 51.9 Å². The van der Waals surface area contributed by atoms with E-state index in [1.807, 2.05) is 7.05 Å². The van der Waals surface area contributed by atoms with E-state index in [4.69, 9.17) is 0 Å². The summed E-state index contributed by atoms with van der Waals surface area (Å²) in [5, 5.41) is 3.60. The number of aliphatic imine (C=N–C) groups is 1. The zero-order valence-corrected chi connectivity index (χ0v) is 16.7. The monoisotopic (exact) mass is 357 g/mol. The van der Waals surface area contributed by atoms with Crippen LogP contribution >= 0.6 is 0 Å². The fraction of sp³-hybridized carbons (Fsp3) is 0.667. The lowest BCUT2D eigenvalue weighted by molar-refractivity contribution is 0.243. The van der Waals surface area contributed by atoms with Gasteiger partial charge in [-0.15, -0.1) is 0 Å². The van der Waals surface area contributed by atoms with Crippen LogP contribution in [0.15, 0.2) is 35.3 Å². The average molecular weight is 358 g/mol. The van der Waals surface area contributed by atoms with Gasteiger partial charge in [0, 0.05) is 45.3 Å². The van der Waals surface area contributed by atoms with Gasteiger partial charge in [-0.2, -0.15) is 0 Å². The number of guanidine groups is 1. The molecule has 0 aromatic heterocycles. The molecule has 0 spiro atoms. The van der Waals surface area contributed by atoms with Crippen LogP contribution in [0.4, 0.5) is 0 Å². The van der Waals surface area contributed by atoms with E-state index >= 15 is 0 Å². The molecule has 2 fully saturated rings. The van der Waals surface area contributed by atoms with E-state index in [1.165, 1.54) is 37.9 Å². The second-order valence-electron chi connectivity index (χ2n) is 7.81. The minimum Gasteiger partial charge on any atom is -0.355 e. The number of benzene rings is 1. The van der Waals surface area contributed by atoms with Crippen molar-refractivity contribution in [1.29, 1.82) is 0 Å². The lowest BCUT2D eigenvalue weighted by atomic mass is 10.2. The number of hydrogen-bond acceptors (Lipinski definition) is 3. The Bertz CT molecular complexity index is 567. The molecule has 0 saturated carbocycles. The van der Waals surface area contributed by atoms with Crippen LogP contribution in [-0.4, -0.2) is 79.6 Å². The van der Waals surface area contributed by atoms with Crippen molar-refractivity contribution in [3.8, 4) is 0 Å². The smallest absolute Gasteiger partial charge is 0.193 e. The fourth-order valence-electron chi connectivity index (χ4n) is 4.09. The number of likely N-dealkylation sites (N-methyl/N-ethyl adjacent to an activating group) is 1. The molecule has 1 aromatic rings. The quantitative estimate of drug-likeness (QED) is 0.625. The number of rotatable bonds is 6. The molecule has 5 nitrogen and oxygen atoms in total. The molecule has 2 saturated heterocycles. The Morgan fingerprint density at radius 1 is 1.23 bits per heavy atom. The number of nitrogens with zero attached hydrogens (tertiary/aromatic N) is 4. The molecule has 1 N–H and O–H groups in total. The molecule has 0 bridgehead atoms. The predicted octanol–water partition coefficient (Wildman–Crippen LogP) is 2.25. The van der Waals surface area contributed by atoms with E-state index in [2.05, 4.69) is 69.3 Å². The molecule has 1 aromatic carbocycles. The standard InChI is InChI=1S/C21H35N5/c1-18(24(3)16-19-9-5-4-6-10-19)15-23-21(22-2)26-14-11-20(17-26)25-12-7-8-13-25/h4-6,9-10,18,20H,7-8,11-17H2,1-3H3,(H,22,23). The first-order valence-electron chi connectivity index (χ1n) is 10.1. The first-order valence-corrected chi connectivity index (χ1v) is 10.1. The molecule has 2 aliphatic heterocycles. The van der Waals surface area contributed by atoms with Crippen LogP contribution in [0.1, 0.15) is 31.7 Å². The zero-order valence-electron chi connectivity index (χ0n) is 16.7. The van der Waals surface area contributed by atoms with Crippen molar-refractivity contribution >= 4 is 5.96 Å². The maximum Gasteiger partial charge on any atom is 0.193 e. The normalized spacial score (nSPS) is 23.0. The molecule has 2 unspecified atom stereocenters. The van der Waals surface area contributed by atoms with Crippen LogP contribution in [-0.2, 0) is 6.54 Å². The predicted molar refractivity (Wildman–Crippen MR) is 110 cm³/mol. The Hall–Kier alpha value is -1.59. The highest BCUT2D eigenvalue weighted by Crippen LogP contribution is 2.20. The Morgan fingerprint density at radius 2 is 1.96 bits per heavy atom. The van der Waals surface area contributed by atoms with Gasteiger partial charge < -0.3 is 10.2 Å². The van der Waals surface area contributed by atoms with Crippen molar-refractivity contribution < 1.29 is 0 Å². The largest absolute Gasteiger partial charge is 0.355 e. The topological polar surface area (TPSA) is 34.1 Å². The Morgan fingerprint density at radius 3 is 2.65 bits per heavy atom. The van der Waals surface area contributed by atoms with Crippen LogP contribution in [0.2, 0.25) is 0 Å². The van der Waals surface area contributed by atoms with Gasteiger partial charge in [-0.25, -0.2) is 0 Å². The maximum atomic E-state index is 4.54. The van der Waals surface area contributed by atoms with Crippen molar-refractivity contribution in [2.75, 3.05) is 46.8 Å². The van der Waals surface area contributed by atoms with Crippen molar-refractivity contribution in [2.24, 2.45) is 4.99 Å². The molecular formula is C21H35N5. The molecule has 5 heteroatoms. The molecule has 3 rings (SSSR count). The van der Waals surface area contributed by atoms with Crippen molar-refractivity contribution in [1.82, 2.24) is 20.0 Å². The van der Waals surface area contributed by atoms with Crippen LogP contribution in [0, 0.1) is 0 Å². The van der Waals surface area contributed by atoms with Gasteiger partial charge in [0.05, 0.1) is 0 Å². The van der Waals surface area contributed by atoms with Gasteiger partial charge in [0.15, 0.2) is 5.96 Å². The van der Waals surface area contributed by atoms with E-state index in [9.17, 15) is 0 Å². The Balaban J connectivity index is 1.45. The molecule has 2 aliphatic rings. The molecule has 2 heterocycles. The highest BCUT2D eigenvalue weighted by molar-refractivity contribution is 5.80. The molecule has 0 aliphatic carbocycles. The van der Waals surface area contributed by atoms with Gasteiger partial charge in [-0.3, -0.25) is 14.8 Å². The van der Waals surface area contributed by atoms with E-state index in [1.54, 1.807) is 0 Å². The fourth-order valence-corrected chi connectivity index (χ4v) is 4.09. The number of hydrogen-bond donors (Lipinski definition) is 1. The van der Waals surface area contributed by atoms with Gasteiger partial charge in [0.2, 0.25) is 0 Å².